The van der Waals surface area contributed by atoms with Gasteiger partial charge < -0.3 is 29.5 Å². The van der Waals surface area contributed by atoms with Gasteiger partial charge in [0.2, 0.25) is 11.8 Å². The van der Waals surface area contributed by atoms with Crippen LogP contribution in [0.1, 0.15) is 26.5 Å². The van der Waals surface area contributed by atoms with Crippen molar-refractivity contribution >= 4 is 35.1 Å². The smallest absolute Gasteiger partial charge is 0.238 e. The molecule has 176 valence electrons. The molecule has 10 heteroatoms. The van der Waals surface area contributed by atoms with Crippen molar-refractivity contribution in [2.24, 2.45) is 0 Å². The highest BCUT2D eigenvalue weighted by atomic mass is 32.2. The van der Waals surface area contributed by atoms with Gasteiger partial charge in [-0.05, 0) is 39.1 Å². The molecule has 0 saturated carbocycles. The summed E-state index contributed by atoms with van der Waals surface area (Å²) in [6, 6.07) is 6.88. The second kappa shape index (κ2) is 13.0. The maximum absolute atomic E-state index is 12.4. The SMILES string of the molecule is CCN(CC)CCOc1cc(NC(=O)CSC(C)C(=O)Nc2cc(C)on2)ccc1OC. The number of likely N-dealkylation sites (N-methyl/N-ethyl adjacent to an activating group) is 1. The first kappa shape index (κ1) is 25.5. The quantitative estimate of drug-likeness (QED) is 0.465. The first-order chi connectivity index (χ1) is 15.4. The summed E-state index contributed by atoms with van der Waals surface area (Å²) in [5.41, 5.74) is 0.601. The molecule has 1 atom stereocenters. The highest BCUT2D eigenvalue weighted by Gasteiger charge is 2.17. The number of aryl methyl sites for hydroxylation is 1. The van der Waals surface area contributed by atoms with E-state index in [-0.39, 0.29) is 17.6 Å². The van der Waals surface area contributed by atoms with E-state index >= 15 is 0 Å². The molecule has 0 bridgehead atoms. The van der Waals surface area contributed by atoms with Gasteiger partial charge in [0, 0.05) is 24.4 Å². The molecule has 2 N–H and O–H groups in total. The van der Waals surface area contributed by atoms with Crippen LogP contribution >= 0.6 is 11.8 Å². The molecule has 2 rings (SSSR count). The molecule has 1 aromatic heterocycles. The molecule has 1 aromatic carbocycles. The topological polar surface area (TPSA) is 106 Å². The maximum atomic E-state index is 12.4. The van der Waals surface area contributed by atoms with E-state index in [0.717, 1.165) is 19.6 Å². The van der Waals surface area contributed by atoms with Gasteiger partial charge in [0.15, 0.2) is 17.3 Å². The Bertz CT molecular complexity index is 885. The highest BCUT2D eigenvalue weighted by molar-refractivity contribution is 8.01. The average Bonchev–Trinajstić information content (AvgIpc) is 3.19. The summed E-state index contributed by atoms with van der Waals surface area (Å²) in [6.07, 6.45) is 0. The van der Waals surface area contributed by atoms with E-state index < -0.39 is 5.25 Å². The fourth-order valence-electron chi connectivity index (χ4n) is 2.82. The first-order valence-electron chi connectivity index (χ1n) is 10.5. The third-order valence-corrected chi connectivity index (χ3v) is 5.86. The number of benzene rings is 1. The van der Waals surface area contributed by atoms with Crippen LogP contribution in [-0.4, -0.2) is 66.2 Å². The largest absolute Gasteiger partial charge is 0.493 e. The normalized spacial score (nSPS) is 11.8. The van der Waals surface area contributed by atoms with Crippen LogP contribution in [0.3, 0.4) is 0 Å². The van der Waals surface area contributed by atoms with E-state index in [2.05, 4.69) is 34.5 Å². The molecule has 0 aliphatic rings. The Morgan fingerprint density at radius 2 is 1.94 bits per heavy atom. The second-order valence-electron chi connectivity index (χ2n) is 7.05. The van der Waals surface area contributed by atoms with E-state index in [9.17, 15) is 9.59 Å². The lowest BCUT2D eigenvalue weighted by Gasteiger charge is -2.19. The lowest BCUT2D eigenvalue weighted by atomic mass is 10.2. The predicted octanol–water partition coefficient (Wildman–Crippen LogP) is 3.41. The van der Waals surface area contributed by atoms with Crippen molar-refractivity contribution in [3.8, 4) is 11.5 Å². The molecule has 0 spiro atoms. The zero-order chi connectivity index (χ0) is 23.5. The number of thioether (sulfide) groups is 1. The van der Waals surface area contributed by atoms with Crippen LogP contribution < -0.4 is 20.1 Å². The number of rotatable bonds is 13. The molecule has 2 aromatic rings. The minimum absolute atomic E-state index is 0.122. The number of nitrogens with one attached hydrogen (secondary N) is 2. The van der Waals surface area contributed by atoms with Gasteiger partial charge >= 0.3 is 0 Å². The summed E-state index contributed by atoms with van der Waals surface area (Å²) < 4.78 is 16.2. The summed E-state index contributed by atoms with van der Waals surface area (Å²) in [7, 11) is 1.58. The van der Waals surface area contributed by atoms with Crippen LogP contribution in [0.5, 0.6) is 11.5 Å². The van der Waals surface area contributed by atoms with E-state index in [1.54, 1.807) is 45.2 Å². The molecule has 0 aliphatic carbocycles. The van der Waals surface area contributed by atoms with E-state index in [0.29, 0.717) is 35.4 Å². The zero-order valence-corrected chi connectivity index (χ0v) is 20.1. The number of ether oxygens (including phenoxy) is 2. The van der Waals surface area contributed by atoms with Gasteiger partial charge in [0.25, 0.3) is 0 Å². The lowest BCUT2D eigenvalue weighted by Crippen LogP contribution is -2.28. The number of carbonyl (C=O) groups excluding carboxylic acids is 2. The zero-order valence-electron chi connectivity index (χ0n) is 19.3. The van der Waals surface area contributed by atoms with Crippen LogP contribution in [-0.2, 0) is 9.59 Å². The van der Waals surface area contributed by atoms with Crippen LogP contribution in [0.2, 0.25) is 0 Å². The van der Waals surface area contributed by atoms with Crippen molar-refractivity contribution < 1.29 is 23.6 Å². The second-order valence-corrected chi connectivity index (χ2v) is 8.38. The minimum atomic E-state index is -0.437. The van der Waals surface area contributed by atoms with Crippen LogP contribution in [0.25, 0.3) is 0 Å². The van der Waals surface area contributed by atoms with Gasteiger partial charge in [0.05, 0.1) is 18.1 Å². The Morgan fingerprint density at radius 3 is 2.56 bits per heavy atom. The standard InChI is InChI=1S/C22H32N4O5S/c1-6-26(7-2)10-11-30-19-13-17(8-9-18(19)29-5)23-21(27)14-32-16(4)22(28)24-20-12-15(3)31-25-20/h8-9,12-13,16H,6-7,10-11,14H2,1-5H3,(H,23,27)(H,24,25,28). The summed E-state index contributed by atoms with van der Waals surface area (Å²) in [5, 5.41) is 8.79. The number of anilines is 2. The van der Waals surface area contributed by atoms with Gasteiger partial charge in [-0.2, -0.15) is 0 Å². The Morgan fingerprint density at radius 1 is 1.19 bits per heavy atom. The number of nitrogens with zero attached hydrogens (tertiary/aromatic N) is 2. The fraction of sp³-hybridized carbons (Fsp3) is 0.500. The predicted molar refractivity (Wildman–Crippen MR) is 127 cm³/mol. The molecule has 9 nitrogen and oxygen atoms in total. The van der Waals surface area contributed by atoms with Crippen molar-refractivity contribution in [1.82, 2.24) is 10.1 Å². The van der Waals surface area contributed by atoms with Crippen molar-refractivity contribution in [2.75, 3.05) is 49.7 Å². The molecule has 0 saturated heterocycles. The van der Waals surface area contributed by atoms with Crippen molar-refractivity contribution in [3.63, 3.8) is 0 Å². The Labute approximate surface area is 193 Å². The highest BCUT2D eigenvalue weighted by Crippen LogP contribution is 2.30. The first-order valence-corrected chi connectivity index (χ1v) is 11.6. The Kier molecular flexibility index (Phi) is 10.4. The molecular formula is C22H32N4O5S. The third kappa shape index (κ3) is 8.08. The van der Waals surface area contributed by atoms with E-state index in [4.69, 9.17) is 14.0 Å². The van der Waals surface area contributed by atoms with Gasteiger partial charge in [-0.3, -0.25) is 9.59 Å². The van der Waals surface area contributed by atoms with E-state index in [1.807, 2.05) is 0 Å². The molecule has 2 amide bonds. The van der Waals surface area contributed by atoms with Crippen LogP contribution in [0.15, 0.2) is 28.8 Å². The van der Waals surface area contributed by atoms with Crippen molar-refractivity contribution in [1.29, 1.82) is 0 Å². The molecule has 0 fully saturated rings. The van der Waals surface area contributed by atoms with Crippen LogP contribution in [0.4, 0.5) is 11.5 Å². The van der Waals surface area contributed by atoms with Crippen molar-refractivity contribution in [3.05, 3.63) is 30.0 Å². The number of hydrogen-bond acceptors (Lipinski definition) is 8. The molecule has 1 heterocycles. The maximum Gasteiger partial charge on any atom is 0.238 e. The monoisotopic (exact) mass is 464 g/mol. The molecule has 0 radical (unpaired) electrons. The van der Waals surface area contributed by atoms with Gasteiger partial charge in [0.1, 0.15) is 12.4 Å². The summed E-state index contributed by atoms with van der Waals surface area (Å²) in [6.45, 7) is 10.9. The molecular weight excluding hydrogens is 432 g/mol. The van der Waals surface area contributed by atoms with Gasteiger partial charge in [-0.15, -0.1) is 11.8 Å². The van der Waals surface area contributed by atoms with E-state index in [1.165, 1.54) is 11.8 Å². The minimum Gasteiger partial charge on any atom is -0.493 e. The Hall–Kier alpha value is -2.72. The number of aromatic nitrogens is 1. The number of amides is 2. The average molecular weight is 465 g/mol. The summed E-state index contributed by atoms with van der Waals surface area (Å²) in [5.74, 6) is 1.80. The van der Waals surface area contributed by atoms with Crippen LogP contribution in [0, 0.1) is 6.92 Å². The van der Waals surface area contributed by atoms with Crippen molar-refractivity contribution in [2.45, 2.75) is 32.9 Å². The number of methoxy groups -OCH3 is 1. The molecule has 1 unspecified atom stereocenters. The van der Waals surface area contributed by atoms with Gasteiger partial charge in [-0.25, -0.2) is 0 Å². The summed E-state index contributed by atoms with van der Waals surface area (Å²) in [4.78, 5) is 26.9. The fourth-order valence-corrected chi connectivity index (χ4v) is 3.50. The molecule has 32 heavy (non-hydrogen) atoms. The van der Waals surface area contributed by atoms with Gasteiger partial charge in [-0.1, -0.05) is 19.0 Å². The molecule has 0 aliphatic heterocycles. The third-order valence-electron chi connectivity index (χ3n) is 4.72. The number of hydrogen-bond donors (Lipinski definition) is 2. The summed E-state index contributed by atoms with van der Waals surface area (Å²) >= 11 is 1.23. The Balaban J connectivity index is 1.85. The lowest BCUT2D eigenvalue weighted by molar-refractivity contribution is -0.115. The number of carbonyl (C=O) groups is 2.